The van der Waals surface area contributed by atoms with Gasteiger partial charge in [0.05, 0.1) is 6.10 Å². The maximum Gasteiger partial charge on any atom is 0.0571 e. The van der Waals surface area contributed by atoms with Gasteiger partial charge in [0.2, 0.25) is 0 Å². The van der Waals surface area contributed by atoms with Gasteiger partial charge in [0.1, 0.15) is 0 Å². The standard InChI is InChI=1S/C9H17BrO/c1-11-9-4-2-8(3-5-9)6-7-10/h8-9H,2-7H2,1H3. The molecule has 0 aromatic carbocycles. The lowest BCUT2D eigenvalue weighted by Gasteiger charge is -2.26. The molecule has 1 fully saturated rings. The highest BCUT2D eigenvalue weighted by Crippen LogP contribution is 2.28. The van der Waals surface area contributed by atoms with Crippen molar-refractivity contribution >= 4 is 15.9 Å². The van der Waals surface area contributed by atoms with Crippen LogP contribution in [-0.2, 0) is 4.74 Å². The molecule has 0 atom stereocenters. The third-order valence-corrected chi connectivity index (χ3v) is 3.10. The highest BCUT2D eigenvalue weighted by atomic mass is 79.9. The van der Waals surface area contributed by atoms with Crippen LogP contribution in [0.2, 0.25) is 0 Å². The van der Waals surface area contributed by atoms with Crippen LogP contribution >= 0.6 is 15.9 Å². The van der Waals surface area contributed by atoms with E-state index >= 15 is 0 Å². The van der Waals surface area contributed by atoms with Gasteiger partial charge in [-0.2, -0.15) is 0 Å². The number of hydrogen-bond donors (Lipinski definition) is 0. The third kappa shape index (κ3) is 3.12. The minimum Gasteiger partial charge on any atom is -0.381 e. The summed E-state index contributed by atoms with van der Waals surface area (Å²) < 4.78 is 5.31. The van der Waals surface area contributed by atoms with Gasteiger partial charge in [-0.25, -0.2) is 0 Å². The van der Waals surface area contributed by atoms with Crippen molar-refractivity contribution < 1.29 is 4.74 Å². The molecule has 0 amide bonds. The van der Waals surface area contributed by atoms with E-state index in [4.69, 9.17) is 4.74 Å². The first-order valence-corrected chi connectivity index (χ1v) is 5.57. The summed E-state index contributed by atoms with van der Waals surface area (Å²) in [4.78, 5) is 0. The largest absolute Gasteiger partial charge is 0.381 e. The van der Waals surface area contributed by atoms with E-state index in [9.17, 15) is 0 Å². The maximum absolute atomic E-state index is 5.31. The molecular formula is C9H17BrO. The summed E-state index contributed by atoms with van der Waals surface area (Å²) in [5, 5.41) is 1.16. The Kier molecular flexibility index (Phi) is 4.46. The summed E-state index contributed by atoms with van der Waals surface area (Å²) in [5.74, 6) is 0.959. The van der Waals surface area contributed by atoms with Crippen LogP contribution in [0.4, 0.5) is 0 Å². The van der Waals surface area contributed by atoms with E-state index in [-0.39, 0.29) is 0 Å². The number of hydrogen-bond acceptors (Lipinski definition) is 1. The van der Waals surface area contributed by atoms with Crippen molar-refractivity contribution in [2.75, 3.05) is 12.4 Å². The lowest BCUT2D eigenvalue weighted by atomic mass is 9.86. The van der Waals surface area contributed by atoms with Crippen LogP contribution in [0, 0.1) is 5.92 Å². The average molecular weight is 221 g/mol. The van der Waals surface area contributed by atoms with Gasteiger partial charge in [-0.3, -0.25) is 0 Å². The molecular weight excluding hydrogens is 204 g/mol. The number of halogens is 1. The molecule has 0 unspecified atom stereocenters. The topological polar surface area (TPSA) is 9.23 Å². The van der Waals surface area contributed by atoms with E-state index in [2.05, 4.69) is 15.9 Å². The molecule has 1 nitrogen and oxygen atoms in total. The monoisotopic (exact) mass is 220 g/mol. The van der Waals surface area contributed by atoms with E-state index < -0.39 is 0 Å². The van der Waals surface area contributed by atoms with Crippen molar-refractivity contribution in [1.82, 2.24) is 0 Å². The fraction of sp³-hybridized carbons (Fsp3) is 1.00. The van der Waals surface area contributed by atoms with Crippen LogP contribution in [0.5, 0.6) is 0 Å². The first kappa shape index (κ1) is 9.53. The number of ether oxygens (including phenoxy) is 1. The molecule has 0 N–H and O–H groups in total. The van der Waals surface area contributed by atoms with Gasteiger partial charge in [-0.1, -0.05) is 15.9 Å². The Labute approximate surface area is 77.6 Å². The van der Waals surface area contributed by atoms with Crippen molar-refractivity contribution in [3.8, 4) is 0 Å². The maximum atomic E-state index is 5.31. The summed E-state index contributed by atoms with van der Waals surface area (Å²) in [6, 6.07) is 0. The predicted molar refractivity (Wildman–Crippen MR) is 51.2 cm³/mol. The molecule has 11 heavy (non-hydrogen) atoms. The van der Waals surface area contributed by atoms with Crippen LogP contribution in [-0.4, -0.2) is 18.5 Å². The summed E-state index contributed by atoms with van der Waals surface area (Å²) in [6.07, 6.45) is 7.18. The van der Waals surface area contributed by atoms with Gasteiger partial charge in [-0.15, -0.1) is 0 Å². The fourth-order valence-electron chi connectivity index (χ4n) is 1.81. The Balaban J connectivity index is 2.14. The molecule has 0 aliphatic heterocycles. The van der Waals surface area contributed by atoms with Gasteiger partial charge < -0.3 is 4.74 Å². The van der Waals surface area contributed by atoms with Crippen LogP contribution < -0.4 is 0 Å². The smallest absolute Gasteiger partial charge is 0.0571 e. The lowest BCUT2D eigenvalue weighted by molar-refractivity contribution is 0.0565. The second-order valence-electron chi connectivity index (χ2n) is 3.36. The zero-order valence-corrected chi connectivity index (χ0v) is 8.77. The summed E-state index contributed by atoms with van der Waals surface area (Å²) in [6.45, 7) is 0. The normalized spacial score (nSPS) is 32.2. The Morgan fingerprint density at radius 3 is 2.36 bits per heavy atom. The molecule has 0 aromatic rings. The zero-order chi connectivity index (χ0) is 8.10. The van der Waals surface area contributed by atoms with Crippen molar-refractivity contribution in [3.63, 3.8) is 0 Å². The van der Waals surface area contributed by atoms with Crippen LogP contribution in [0.1, 0.15) is 32.1 Å². The highest BCUT2D eigenvalue weighted by molar-refractivity contribution is 9.09. The fourth-order valence-corrected chi connectivity index (χ4v) is 2.46. The SMILES string of the molecule is COC1CCC(CCBr)CC1. The van der Waals surface area contributed by atoms with Crippen LogP contribution in [0.3, 0.4) is 0 Å². The zero-order valence-electron chi connectivity index (χ0n) is 7.18. The molecule has 0 radical (unpaired) electrons. The van der Waals surface area contributed by atoms with Gasteiger partial charge >= 0.3 is 0 Å². The minimum absolute atomic E-state index is 0.557. The van der Waals surface area contributed by atoms with E-state index in [0.29, 0.717) is 6.10 Å². The lowest BCUT2D eigenvalue weighted by Crippen LogP contribution is -2.20. The molecule has 1 aliphatic carbocycles. The van der Waals surface area contributed by atoms with Crippen molar-refractivity contribution in [2.45, 2.75) is 38.2 Å². The third-order valence-electron chi connectivity index (χ3n) is 2.64. The van der Waals surface area contributed by atoms with E-state index in [1.165, 1.54) is 32.1 Å². The second kappa shape index (κ2) is 5.15. The Morgan fingerprint density at radius 1 is 1.27 bits per heavy atom. The number of alkyl halides is 1. The van der Waals surface area contributed by atoms with Crippen molar-refractivity contribution in [3.05, 3.63) is 0 Å². The van der Waals surface area contributed by atoms with Gasteiger partial charge in [0, 0.05) is 12.4 Å². The highest BCUT2D eigenvalue weighted by Gasteiger charge is 2.19. The van der Waals surface area contributed by atoms with Crippen LogP contribution in [0.15, 0.2) is 0 Å². The number of methoxy groups -OCH3 is 1. The predicted octanol–water partition coefficient (Wildman–Crippen LogP) is 2.98. The molecule has 0 aromatic heterocycles. The summed E-state index contributed by atoms with van der Waals surface area (Å²) in [5.41, 5.74) is 0. The molecule has 66 valence electrons. The van der Waals surface area contributed by atoms with Crippen molar-refractivity contribution in [1.29, 1.82) is 0 Å². The van der Waals surface area contributed by atoms with Gasteiger partial charge in [0.25, 0.3) is 0 Å². The van der Waals surface area contributed by atoms with Crippen LogP contribution in [0.25, 0.3) is 0 Å². The minimum atomic E-state index is 0.557. The van der Waals surface area contributed by atoms with E-state index in [1.807, 2.05) is 7.11 Å². The Hall–Kier alpha value is 0.440. The van der Waals surface area contributed by atoms with Crippen molar-refractivity contribution in [2.24, 2.45) is 5.92 Å². The molecule has 0 saturated heterocycles. The molecule has 0 bridgehead atoms. The molecule has 0 heterocycles. The molecule has 1 rings (SSSR count). The average Bonchev–Trinajstić information content (AvgIpc) is 2.07. The molecule has 0 spiro atoms. The summed E-state index contributed by atoms with van der Waals surface area (Å²) in [7, 11) is 1.83. The Bertz CT molecular complexity index is 97.7. The van der Waals surface area contributed by atoms with Gasteiger partial charge in [-0.05, 0) is 38.0 Å². The molecule has 1 saturated carbocycles. The van der Waals surface area contributed by atoms with E-state index in [1.54, 1.807) is 0 Å². The number of rotatable bonds is 3. The first-order chi connectivity index (χ1) is 5.36. The van der Waals surface area contributed by atoms with E-state index in [0.717, 1.165) is 11.2 Å². The molecule has 1 aliphatic rings. The van der Waals surface area contributed by atoms with Gasteiger partial charge in [0.15, 0.2) is 0 Å². The second-order valence-corrected chi connectivity index (χ2v) is 4.15. The molecule has 2 heteroatoms. The quantitative estimate of drug-likeness (QED) is 0.665. The first-order valence-electron chi connectivity index (χ1n) is 4.45. The Morgan fingerprint density at radius 2 is 1.91 bits per heavy atom. The summed E-state index contributed by atoms with van der Waals surface area (Å²) >= 11 is 3.49.